The van der Waals surface area contributed by atoms with Gasteiger partial charge in [-0.3, -0.25) is 5.01 Å². The van der Waals surface area contributed by atoms with E-state index in [9.17, 15) is 0 Å². The van der Waals surface area contributed by atoms with E-state index in [0.717, 1.165) is 6.54 Å². The molecule has 2 aromatic rings. The van der Waals surface area contributed by atoms with Gasteiger partial charge in [0.05, 0.1) is 18.3 Å². The van der Waals surface area contributed by atoms with Crippen molar-refractivity contribution in [1.29, 1.82) is 0 Å². The van der Waals surface area contributed by atoms with Gasteiger partial charge in [0.15, 0.2) is 0 Å². The lowest BCUT2D eigenvalue weighted by Crippen LogP contribution is -2.38. The number of hydrazine groups is 2. The molecule has 1 unspecified atom stereocenters. The standard InChI is InChI=1S/C21H29N3/c1-15(2)18-12-9-13-19(16(3)4)21(18)24-14-20(23(5)22-24)17-10-7-6-8-11-17/h6-13,15-16,20,22H,14H2,1-5H3. The normalized spacial score (nSPS) is 18.8. The van der Waals surface area contributed by atoms with Crippen LogP contribution in [-0.2, 0) is 0 Å². The lowest BCUT2D eigenvalue weighted by Gasteiger charge is -2.27. The van der Waals surface area contributed by atoms with Gasteiger partial charge in [0.1, 0.15) is 0 Å². The second-order valence-electron chi connectivity index (χ2n) is 7.34. The summed E-state index contributed by atoms with van der Waals surface area (Å²) in [5.41, 5.74) is 9.11. The average molecular weight is 323 g/mol. The van der Waals surface area contributed by atoms with E-state index in [-0.39, 0.29) is 0 Å². The van der Waals surface area contributed by atoms with Gasteiger partial charge in [0.25, 0.3) is 0 Å². The Morgan fingerprint density at radius 1 is 0.875 bits per heavy atom. The Hall–Kier alpha value is -1.84. The summed E-state index contributed by atoms with van der Waals surface area (Å²) in [6.07, 6.45) is 0. The number of hydrogen-bond acceptors (Lipinski definition) is 3. The highest BCUT2D eigenvalue weighted by Crippen LogP contribution is 2.37. The van der Waals surface area contributed by atoms with Crippen LogP contribution in [0, 0.1) is 0 Å². The van der Waals surface area contributed by atoms with Gasteiger partial charge < -0.3 is 0 Å². The molecule has 0 spiro atoms. The SMILES string of the molecule is CC(C)c1cccc(C(C)C)c1N1CC(c2ccccc2)N(C)N1. The number of nitrogens with one attached hydrogen (secondary N) is 1. The first-order valence-electron chi connectivity index (χ1n) is 8.93. The van der Waals surface area contributed by atoms with Crippen LogP contribution >= 0.6 is 0 Å². The van der Waals surface area contributed by atoms with Gasteiger partial charge in [-0.15, -0.1) is 0 Å². The molecule has 2 aromatic carbocycles. The lowest BCUT2D eigenvalue weighted by atomic mass is 9.92. The Morgan fingerprint density at radius 2 is 1.46 bits per heavy atom. The van der Waals surface area contributed by atoms with E-state index in [2.05, 4.69) is 98.8 Å². The van der Waals surface area contributed by atoms with Crippen LogP contribution in [0.2, 0.25) is 0 Å². The molecule has 1 heterocycles. The fourth-order valence-electron chi connectivity index (χ4n) is 3.57. The second-order valence-corrected chi connectivity index (χ2v) is 7.34. The summed E-state index contributed by atoms with van der Waals surface area (Å²) < 4.78 is 0. The molecule has 1 atom stereocenters. The molecule has 1 fully saturated rings. The van der Waals surface area contributed by atoms with E-state index in [1.54, 1.807) is 0 Å². The van der Waals surface area contributed by atoms with E-state index in [4.69, 9.17) is 0 Å². The molecule has 3 heteroatoms. The molecule has 128 valence electrons. The fourth-order valence-corrected chi connectivity index (χ4v) is 3.57. The quantitative estimate of drug-likeness (QED) is 0.868. The van der Waals surface area contributed by atoms with Gasteiger partial charge >= 0.3 is 0 Å². The number of rotatable bonds is 4. The Kier molecular flexibility index (Phi) is 4.93. The van der Waals surface area contributed by atoms with Gasteiger partial charge in [-0.25, -0.2) is 5.01 Å². The number of benzene rings is 2. The van der Waals surface area contributed by atoms with Crippen molar-refractivity contribution in [3.63, 3.8) is 0 Å². The summed E-state index contributed by atoms with van der Waals surface area (Å²) in [5, 5.41) is 4.55. The third-order valence-corrected chi connectivity index (χ3v) is 4.90. The van der Waals surface area contributed by atoms with Crippen LogP contribution in [-0.4, -0.2) is 18.6 Å². The summed E-state index contributed by atoms with van der Waals surface area (Å²) in [4.78, 5) is 0. The van der Waals surface area contributed by atoms with Crippen LogP contribution in [0.1, 0.15) is 62.3 Å². The van der Waals surface area contributed by atoms with Crippen LogP contribution in [0.5, 0.6) is 0 Å². The molecule has 0 aliphatic carbocycles. The Morgan fingerprint density at radius 3 is 2.00 bits per heavy atom. The summed E-state index contributed by atoms with van der Waals surface area (Å²) >= 11 is 0. The smallest absolute Gasteiger partial charge is 0.0698 e. The van der Waals surface area contributed by atoms with E-state index < -0.39 is 0 Å². The molecule has 0 aromatic heterocycles. The van der Waals surface area contributed by atoms with Crippen molar-refractivity contribution in [2.24, 2.45) is 0 Å². The van der Waals surface area contributed by atoms with Crippen LogP contribution < -0.4 is 10.5 Å². The molecule has 1 N–H and O–H groups in total. The lowest BCUT2D eigenvalue weighted by molar-refractivity contribution is 0.240. The van der Waals surface area contributed by atoms with Gasteiger partial charge in [-0.1, -0.05) is 76.2 Å². The van der Waals surface area contributed by atoms with Crippen LogP contribution in [0.3, 0.4) is 0 Å². The molecular weight excluding hydrogens is 294 g/mol. The summed E-state index contributed by atoms with van der Waals surface area (Å²) in [6, 6.07) is 17.8. The Balaban J connectivity index is 1.98. The fraction of sp³-hybridized carbons (Fsp3) is 0.429. The first-order chi connectivity index (χ1) is 11.5. The van der Waals surface area contributed by atoms with Crippen LogP contribution in [0.25, 0.3) is 0 Å². The first kappa shape index (κ1) is 17.0. The zero-order chi connectivity index (χ0) is 17.3. The van der Waals surface area contributed by atoms with Crippen LogP contribution in [0.4, 0.5) is 5.69 Å². The van der Waals surface area contributed by atoms with Crippen molar-refractivity contribution in [2.75, 3.05) is 18.6 Å². The number of anilines is 1. The monoisotopic (exact) mass is 323 g/mol. The van der Waals surface area contributed by atoms with Gasteiger partial charge in [0, 0.05) is 7.05 Å². The number of hydrogen-bond donors (Lipinski definition) is 1. The van der Waals surface area contributed by atoms with Crippen molar-refractivity contribution in [3.05, 3.63) is 65.2 Å². The predicted octanol–water partition coefficient (Wildman–Crippen LogP) is 4.85. The molecule has 1 saturated heterocycles. The second kappa shape index (κ2) is 6.96. The molecular formula is C21H29N3. The van der Waals surface area contributed by atoms with Gasteiger partial charge in [-0.2, -0.15) is 5.53 Å². The summed E-state index contributed by atoms with van der Waals surface area (Å²) in [7, 11) is 2.13. The molecule has 1 aliphatic rings. The van der Waals surface area contributed by atoms with Crippen molar-refractivity contribution in [3.8, 4) is 0 Å². The van der Waals surface area contributed by atoms with E-state index in [1.165, 1.54) is 22.4 Å². The van der Waals surface area contributed by atoms with Crippen molar-refractivity contribution in [1.82, 2.24) is 10.5 Å². The van der Waals surface area contributed by atoms with Crippen molar-refractivity contribution >= 4 is 5.69 Å². The minimum Gasteiger partial charge on any atom is -0.292 e. The molecule has 24 heavy (non-hydrogen) atoms. The molecule has 3 nitrogen and oxygen atoms in total. The zero-order valence-electron chi connectivity index (χ0n) is 15.5. The first-order valence-corrected chi connectivity index (χ1v) is 8.93. The zero-order valence-corrected chi connectivity index (χ0v) is 15.5. The third-order valence-electron chi connectivity index (χ3n) is 4.90. The molecule has 0 bridgehead atoms. The van der Waals surface area contributed by atoms with Gasteiger partial charge in [-0.05, 0) is 28.5 Å². The number of para-hydroxylation sites is 1. The summed E-state index contributed by atoms with van der Waals surface area (Å²) in [5.74, 6) is 1.00. The Bertz CT molecular complexity index is 652. The molecule has 3 rings (SSSR count). The summed E-state index contributed by atoms with van der Waals surface area (Å²) in [6.45, 7) is 10.0. The maximum Gasteiger partial charge on any atom is 0.0698 e. The largest absolute Gasteiger partial charge is 0.292 e. The average Bonchev–Trinajstić information content (AvgIpc) is 2.96. The molecule has 1 aliphatic heterocycles. The van der Waals surface area contributed by atoms with Crippen molar-refractivity contribution in [2.45, 2.75) is 45.6 Å². The molecule has 0 amide bonds. The van der Waals surface area contributed by atoms with Crippen LogP contribution in [0.15, 0.2) is 48.5 Å². The minimum absolute atomic E-state index is 0.353. The minimum atomic E-state index is 0.353. The highest BCUT2D eigenvalue weighted by molar-refractivity contribution is 5.62. The van der Waals surface area contributed by atoms with Gasteiger partial charge in [0.2, 0.25) is 0 Å². The third kappa shape index (κ3) is 3.19. The number of nitrogens with zero attached hydrogens (tertiary/aromatic N) is 2. The predicted molar refractivity (Wildman–Crippen MR) is 102 cm³/mol. The Labute approximate surface area is 146 Å². The van der Waals surface area contributed by atoms with E-state index >= 15 is 0 Å². The molecule has 0 radical (unpaired) electrons. The maximum atomic E-state index is 3.58. The van der Waals surface area contributed by atoms with E-state index in [0.29, 0.717) is 17.9 Å². The topological polar surface area (TPSA) is 18.5 Å². The highest BCUT2D eigenvalue weighted by Gasteiger charge is 2.31. The maximum absolute atomic E-state index is 3.58. The number of likely N-dealkylation sites (N-methyl/N-ethyl adjacent to an activating group) is 1. The van der Waals surface area contributed by atoms with E-state index in [1.807, 2.05) is 0 Å². The van der Waals surface area contributed by atoms with Crippen molar-refractivity contribution < 1.29 is 0 Å². The highest BCUT2D eigenvalue weighted by atomic mass is 15.8. The molecule has 0 saturated carbocycles.